The Balaban J connectivity index is 0.890. The number of allylic oxidation sites excluding steroid dienone is 4. The Morgan fingerprint density at radius 2 is 0.347 bits per heavy atom. The van der Waals surface area contributed by atoms with E-state index < -0.39 is 32.5 Å². The third-order valence-electron chi connectivity index (χ3n) is 35.1. The summed E-state index contributed by atoms with van der Waals surface area (Å²) in [5, 5.41) is 56.2. The fourth-order valence-electron chi connectivity index (χ4n) is 32.6. The summed E-state index contributed by atoms with van der Waals surface area (Å²) in [5.74, 6) is -0.885. The van der Waals surface area contributed by atoms with Gasteiger partial charge < -0.3 is 23.7 Å². The first kappa shape index (κ1) is 60.0. The Hall–Kier alpha value is -13.6. The third-order valence-corrected chi connectivity index (χ3v) is 35.1. The SMILES string of the molecule is CC(C)C(=O)Oc1ccc(C23C4=C5C6(c7ccc(OC(=O)C(C)C)cc7)c7c2c2c8c3c3c9c%10c%11c%12c%13c%14c%15c%16c%17c%18c(c6c6c7c7c2c2c%19c8c9c8c9c%10c%13c%10c%13c%14c%17c%14c%17c%18c6c6c7c2c2c(c%198)c(c9%10)c(c%13%14)c2c6%17)C%16(c2ccc(OC(=O)C(C)C)cc2)C5(C)C(=C4C3%11c2ccc(OC(=O)C(C)C)cc2)C%12%15c2ccc(OC(=O)C(C)C)cc2)cc1. The molecule has 0 amide bonds. The van der Waals surface area contributed by atoms with Crippen LogP contribution in [0.5, 0.6) is 28.7 Å². The van der Waals surface area contributed by atoms with Crippen molar-refractivity contribution >= 4 is 245 Å². The molecular formula is C111H58O10. The number of hydrogen-bond donors (Lipinski definition) is 0. The molecule has 0 heterocycles. The van der Waals surface area contributed by atoms with E-state index in [0.717, 1.165) is 27.8 Å². The number of carbonyl (C=O) groups is 5. The van der Waals surface area contributed by atoms with E-state index in [9.17, 15) is 24.0 Å². The molecule has 0 bridgehead atoms. The summed E-state index contributed by atoms with van der Waals surface area (Å²) in [5.41, 5.74) is 17.6. The van der Waals surface area contributed by atoms with Gasteiger partial charge in [0.25, 0.3) is 0 Å². The Kier molecular flexibility index (Phi) is 8.08. The molecule has 4 atom stereocenters. The molecule has 0 aliphatic heterocycles. The second-order valence-electron chi connectivity index (χ2n) is 40.6. The molecule has 37 rings (SSSR count). The fraction of sp³-hybridized carbons (Fsp3) is 0.198. The summed E-state index contributed by atoms with van der Waals surface area (Å²) in [6, 6.07) is 44.9. The standard InChI is InChI=1S/C111H58O10/c1-32(2)101(112)117-42-22-12-37(13-23-42)107-87-77-67-57-52-47-48-50-51-49(47)54-60-58(52)68(67)78-80-70(60)72-62(54)64-56(51)66-65-55(50)63-61-53(48)59(57)69-71(61)81-83-73(63)75(65)85-86-76(66)74(64)84-82(72)92-90(80)108(88(78)87,38-14-24-43(25-15-38)118-102(113)33(3)4)98-97(107)99-106(11)100(98)110(92,40-18-28-45(29-19-40)120-104(115)35(7)8)94(84)96(86)111(106,41-20-30-46(31-21-41)121-105(116)36(9)10)95(85)93(83)109(99,91(81)89(107)79(69)77)39-16-26-44(27-17-39)119-103(114)34(5)6/h12-36H,1-11H3. The molecule has 0 N–H and O–H groups in total. The first-order chi connectivity index (χ1) is 58.7. The van der Waals surface area contributed by atoms with Crippen LogP contribution in [0, 0.1) is 35.0 Å². The number of rotatable bonds is 15. The van der Waals surface area contributed by atoms with E-state index in [4.69, 9.17) is 23.7 Å². The number of ether oxygens (including phenoxy) is 5. The highest BCUT2D eigenvalue weighted by Gasteiger charge is 2.86. The number of carbonyl (C=O) groups excluding carboxylic acids is 5. The van der Waals surface area contributed by atoms with Crippen molar-refractivity contribution in [2.75, 3.05) is 0 Å². The van der Waals surface area contributed by atoms with Gasteiger partial charge in [-0.05, 0) is 382 Å². The lowest BCUT2D eigenvalue weighted by Crippen LogP contribution is -2.62. The molecule has 10 nitrogen and oxygen atoms in total. The molecule has 10 heteroatoms. The van der Waals surface area contributed by atoms with Crippen molar-refractivity contribution < 1.29 is 47.7 Å². The zero-order chi connectivity index (χ0) is 79.4. The van der Waals surface area contributed by atoms with E-state index in [1.54, 1.807) is 0 Å². The van der Waals surface area contributed by atoms with Crippen molar-refractivity contribution in [2.45, 2.75) is 103 Å². The maximum absolute atomic E-state index is 14.3. The molecular weight excluding hydrogens is 1490 g/mol. The van der Waals surface area contributed by atoms with Gasteiger partial charge in [0.05, 0.1) is 56.7 Å². The molecule has 562 valence electrons. The zero-order valence-corrected chi connectivity index (χ0v) is 67.0. The smallest absolute Gasteiger partial charge is 0.313 e. The molecule has 0 spiro atoms. The van der Waals surface area contributed by atoms with Crippen molar-refractivity contribution in [1.82, 2.24) is 0 Å². The van der Waals surface area contributed by atoms with E-state index in [1.807, 2.05) is 69.2 Å². The van der Waals surface area contributed by atoms with Crippen LogP contribution in [0.25, 0.3) is 215 Å². The minimum absolute atomic E-state index is 0.294. The van der Waals surface area contributed by atoms with E-state index in [0.29, 0.717) is 28.7 Å². The van der Waals surface area contributed by atoms with Gasteiger partial charge in [0.15, 0.2) is 0 Å². The second-order valence-corrected chi connectivity index (χ2v) is 40.6. The Labute approximate surface area is 682 Å². The van der Waals surface area contributed by atoms with Crippen LogP contribution < -0.4 is 23.7 Å². The highest BCUT2D eigenvalue weighted by molar-refractivity contribution is 6.77. The van der Waals surface area contributed by atoms with Crippen molar-refractivity contribution in [3.8, 4) is 28.7 Å². The van der Waals surface area contributed by atoms with Crippen molar-refractivity contribution in [3.63, 3.8) is 0 Å². The summed E-state index contributed by atoms with van der Waals surface area (Å²) >= 11 is 0. The van der Waals surface area contributed by atoms with E-state index in [1.165, 1.54) is 293 Å². The topological polar surface area (TPSA) is 132 Å². The van der Waals surface area contributed by atoms with E-state index >= 15 is 0 Å². The molecule has 0 fully saturated rings. The van der Waals surface area contributed by atoms with E-state index in [-0.39, 0.29) is 59.4 Å². The summed E-state index contributed by atoms with van der Waals surface area (Å²) in [4.78, 5) is 71.4. The lowest BCUT2D eigenvalue weighted by molar-refractivity contribution is -0.138. The van der Waals surface area contributed by atoms with Gasteiger partial charge in [-0.3, -0.25) is 24.0 Å². The third kappa shape index (κ3) is 4.58. The molecule has 26 aromatic carbocycles. The maximum Gasteiger partial charge on any atom is 0.313 e. The quantitative estimate of drug-likeness (QED) is 0.0555. The van der Waals surface area contributed by atoms with Crippen LogP contribution in [0.2, 0.25) is 0 Å². The van der Waals surface area contributed by atoms with Crippen molar-refractivity contribution in [2.24, 2.45) is 35.0 Å². The highest BCUT2D eigenvalue weighted by Crippen LogP contribution is 2.95. The predicted octanol–water partition coefficient (Wildman–Crippen LogP) is 24.3. The van der Waals surface area contributed by atoms with Gasteiger partial charge in [-0.25, -0.2) is 0 Å². The van der Waals surface area contributed by atoms with Crippen molar-refractivity contribution in [1.29, 1.82) is 0 Å². The summed E-state index contributed by atoms with van der Waals surface area (Å²) in [6.07, 6.45) is 0. The molecule has 0 saturated heterocycles. The van der Waals surface area contributed by atoms with Crippen molar-refractivity contribution in [3.05, 3.63) is 227 Å². The number of benzene rings is 20. The van der Waals surface area contributed by atoms with Crippen LogP contribution in [0.3, 0.4) is 0 Å². The minimum Gasteiger partial charge on any atom is -0.426 e. The van der Waals surface area contributed by atoms with Gasteiger partial charge >= 0.3 is 29.8 Å². The molecule has 4 unspecified atom stereocenters. The van der Waals surface area contributed by atoms with Crippen LogP contribution in [0.1, 0.15) is 160 Å². The molecule has 11 aliphatic rings. The lowest BCUT2D eigenvalue weighted by atomic mass is 9.34. The second kappa shape index (κ2) is 16.3. The predicted molar refractivity (Wildman–Crippen MR) is 474 cm³/mol. The van der Waals surface area contributed by atoms with Crippen LogP contribution >= 0.6 is 0 Å². The van der Waals surface area contributed by atoms with Gasteiger partial charge in [0, 0.05) is 5.41 Å². The van der Waals surface area contributed by atoms with Crippen LogP contribution in [0.4, 0.5) is 0 Å². The first-order valence-corrected chi connectivity index (χ1v) is 43.6. The first-order valence-electron chi connectivity index (χ1n) is 43.6. The van der Waals surface area contributed by atoms with Gasteiger partial charge in [-0.15, -0.1) is 0 Å². The average Bonchev–Trinajstić information content (AvgIpc) is 1.36. The zero-order valence-electron chi connectivity index (χ0n) is 67.0. The largest absolute Gasteiger partial charge is 0.426 e. The fourth-order valence-corrected chi connectivity index (χ4v) is 32.6. The normalized spacial score (nSPS) is 23.5. The lowest BCUT2D eigenvalue weighted by Gasteiger charge is -2.66. The van der Waals surface area contributed by atoms with Gasteiger partial charge in [0.2, 0.25) is 0 Å². The summed E-state index contributed by atoms with van der Waals surface area (Å²) < 4.78 is 32.7. The van der Waals surface area contributed by atoms with Crippen LogP contribution in [-0.4, -0.2) is 29.8 Å². The van der Waals surface area contributed by atoms with E-state index in [2.05, 4.69) is 128 Å². The van der Waals surface area contributed by atoms with Crippen LogP contribution in [-0.2, 0) is 51.0 Å². The van der Waals surface area contributed by atoms with Crippen LogP contribution in [0.15, 0.2) is 144 Å². The van der Waals surface area contributed by atoms with Gasteiger partial charge in [0.1, 0.15) is 28.7 Å². The number of esters is 5. The Morgan fingerprint density at radius 3 is 0.537 bits per heavy atom. The molecule has 26 aromatic rings. The summed E-state index contributed by atoms with van der Waals surface area (Å²) in [6.45, 7) is 21.8. The van der Waals surface area contributed by atoms with Gasteiger partial charge in [-0.1, -0.05) is 137 Å². The minimum atomic E-state index is -1.14. The molecule has 0 aromatic heterocycles. The maximum atomic E-state index is 14.3. The average molecular weight is 1550 g/mol. The highest BCUT2D eigenvalue weighted by atomic mass is 16.6. The van der Waals surface area contributed by atoms with Gasteiger partial charge in [-0.2, -0.15) is 0 Å². The molecule has 0 radical (unpaired) electrons. The molecule has 11 aliphatic carbocycles. The Bertz CT molecular complexity index is 9330. The molecule has 121 heavy (non-hydrogen) atoms. The monoisotopic (exact) mass is 1550 g/mol. The molecule has 0 saturated carbocycles. The summed E-state index contributed by atoms with van der Waals surface area (Å²) in [7, 11) is 0. The number of hydrogen-bond acceptors (Lipinski definition) is 10. The Morgan fingerprint density at radius 1 is 0.198 bits per heavy atom.